The minimum atomic E-state index is -0.334. The van der Waals surface area contributed by atoms with Gasteiger partial charge in [0.05, 0.1) is 0 Å². The van der Waals surface area contributed by atoms with Crippen LogP contribution in [0.4, 0.5) is 0 Å². The Kier molecular flexibility index (Phi) is 3.51. The van der Waals surface area contributed by atoms with Crippen LogP contribution in [0.25, 0.3) is 11.1 Å². The summed E-state index contributed by atoms with van der Waals surface area (Å²) < 4.78 is 0. The number of hydrogen-bond donors (Lipinski definition) is 2. The Hall–Kier alpha value is -2.88. The van der Waals surface area contributed by atoms with Crippen LogP contribution in [-0.4, -0.2) is 15.1 Å². The first-order valence-corrected chi connectivity index (χ1v) is 6.65. The fraction of sp³-hybridized carbons (Fsp3) is 0.0588. The number of rotatable bonds is 3. The minimum absolute atomic E-state index is 0.201. The highest BCUT2D eigenvalue weighted by Gasteiger charge is 2.12. The van der Waals surface area contributed by atoms with E-state index in [1.165, 1.54) is 0 Å². The van der Waals surface area contributed by atoms with Crippen molar-refractivity contribution in [2.24, 2.45) is 0 Å². The lowest BCUT2D eigenvalue weighted by Gasteiger charge is -2.06. The Morgan fingerprint density at radius 2 is 1.57 bits per heavy atom. The second kappa shape index (κ2) is 5.63. The summed E-state index contributed by atoms with van der Waals surface area (Å²) in [6.45, 7) is 0. The van der Waals surface area contributed by atoms with Gasteiger partial charge in [-0.1, -0.05) is 60.7 Å². The van der Waals surface area contributed by atoms with Crippen molar-refractivity contribution in [3.63, 3.8) is 0 Å². The fourth-order valence-corrected chi connectivity index (χ4v) is 2.24. The third-order valence-electron chi connectivity index (χ3n) is 3.23. The first kappa shape index (κ1) is 13.1. The molecule has 4 heteroatoms. The standard InChI is InChI=1S/C17H14N2O2/c20-16-15(13-9-5-2-6-10-13)17(21)19-14(18-16)11-12-7-3-1-4-8-12/h1-10H,11H2,(H2,18,19,20,21). The van der Waals surface area contributed by atoms with Gasteiger partial charge in [-0.05, 0) is 11.1 Å². The molecule has 0 amide bonds. The number of nitrogens with one attached hydrogen (secondary N) is 1. The molecule has 0 atom stereocenters. The van der Waals surface area contributed by atoms with Crippen LogP contribution in [0.3, 0.4) is 0 Å². The highest BCUT2D eigenvalue weighted by Crippen LogP contribution is 2.23. The number of aromatic nitrogens is 2. The molecule has 21 heavy (non-hydrogen) atoms. The van der Waals surface area contributed by atoms with Gasteiger partial charge in [-0.3, -0.25) is 4.79 Å². The molecule has 1 heterocycles. The molecule has 3 rings (SSSR count). The smallest absolute Gasteiger partial charge is 0.262 e. The molecule has 0 spiro atoms. The maximum absolute atomic E-state index is 12.2. The van der Waals surface area contributed by atoms with Gasteiger partial charge in [-0.15, -0.1) is 0 Å². The Bertz CT molecular complexity index is 796. The van der Waals surface area contributed by atoms with E-state index in [4.69, 9.17) is 0 Å². The van der Waals surface area contributed by atoms with Crippen LogP contribution >= 0.6 is 0 Å². The van der Waals surface area contributed by atoms with Gasteiger partial charge in [0.2, 0.25) is 5.88 Å². The minimum Gasteiger partial charge on any atom is -0.493 e. The number of aromatic hydroxyl groups is 1. The van der Waals surface area contributed by atoms with Gasteiger partial charge in [-0.2, -0.15) is 4.98 Å². The summed E-state index contributed by atoms with van der Waals surface area (Å²) in [7, 11) is 0. The molecule has 0 aliphatic heterocycles. The number of H-pyrrole nitrogens is 1. The van der Waals surface area contributed by atoms with Crippen molar-refractivity contribution >= 4 is 0 Å². The third-order valence-corrected chi connectivity index (χ3v) is 3.23. The van der Waals surface area contributed by atoms with Crippen molar-refractivity contribution in [3.05, 3.63) is 82.4 Å². The van der Waals surface area contributed by atoms with Crippen molar-refractivity contribution in [2.75, 3.05) is 0 Å². The van der Waals surface area contributed by atoms with Crippen LogP contribution in [0, 0.1) is 0 Å². The SMILES string of the molecule is O=c1[nH]c(Cc2ccccc2)nc(O)c1-c1ccccc1. The molecule has 104 valence electrons. The van der Waals surface area contributed by atoms with E-state index < -0.39 is 0 Å². The van der Waals surface area contributed by atoms with E-state index in [1.54, 1.807) is 12.1 Å². The molecule has 0 bridgehead atoms. The van der Waals surface area contributed by atoms with Gasteiger partial charge in [-0.25, -0.2) is 0 Å². The zero-order valence-corrected chi connectivity index (χ0v) is 11.3. The van der Waals surface area contributed by atoms with E-state index in [2.05, 4.69) is 9.97 Å². The normalized spacial score (nSPS) is 10.5. The van der Waals surface area contributed by atoms with Gasteiger partial charge in [0.25, 0.3) is 5.56 Å². The Morgan fingerprint density at radius 3 is 2.19 bits per heavy atom. The predicted molar refractivity (Wildman–Crippen MR) is 81.2 cm³/mol. The molecule has 2 N–H and O–H groups in total. The Balaban J connectivity index is 1.99. The summed E-state index contributed by atoms with van der Waals surface area (Å²) in [4.78, 5) is 19.0. The van der Waals surface area contributed by atoms with Crippen LogP contribution in [0.5, 0.6) is 5.88 Å². The quantitative estimate of drug-likeness (QED) is 0.774. The van der Waals surface area contributed by atoms with Crippen LogP contribution in [0.1, 0.15) is 11.4 Å². The molecule has 0 fully saturated rings. The van der Waals surface area contributed by atoms with E-state index in [-0.39, 0.29) is 17.0 Å². The van der Waals surface area contributed by atoms with Crippen molar-refractivity contribution in [3.8, 4) is 17.0 Å². The highest BCUT2D eigenvalue weighted by molar-refractivity contribution is 5.66. The van der Waals surface area contributed by atoms with Crippen molar-refractivity contribution < 1.29 is 5.11 Å². The third kappa shape index (κ3) is 2.84. The molecule has 0 saturated heterocycles. The van der Waals surface area contributed by atoms with Gasteiger partial charge in [0.1, 0.15) is 11.4 Å². The van der Waals surface area contributed by atoms with Gasteiger partial charge in [0, 0.05) is 6.42 Å². The van der Waals surface area contributed by atoms with Crippen molar-refractivity contribution in [2.45, 2.75) is 6.42 Å². The number of nitrogens with zero attached hydrogens (tertiary/aromatic N) is 1. The van der Waals surface area contributed by atoms with Crippen LogP contribution < -0.4 is 5.56 Å². The molecule has 2 aromatic carbocycles. The average molecular weight is 278 g/mol. The Morgan fingerprint density at radius 1 is 0.952 bits per heavy atom. The fourth-order valence-electron chi connectivity index (χ4n) is 2.24. The molecule has 1 aromatic heterocycles. The lowest BCUT2D eigenvalue weighted by Crippen LogP contribution is -2.14. The van der Waals surface area contributed by atoms with E-state index in [0.717, 1.165) is 5.56 Å². The lowest BCUT2D eigenvalue weighted by atomic mass is 10.1. The topological polar surface area (TPSA) is 66.0 Å². The van der Waals surface area contributed by atoms with Crippen LogP contribution in [-0.2, 0) is 6.42 Å². The average Bonchev–Trinajstić information content (AvgIpc) is 2.49. The molecule has 0 aliphatic carbocycles. The second-order valence-corrected chi connectivity index (χ2v) is 4.74. The molecular formula is C17H14N2O2. The van der Waals surface area contributed by atoms with E-state index in [0.29, 0.717) is 17.8 Å². The zero-order valence-electron chi connectivity index (χ0n) is 11.3. The van der Waals surface area contributed by atoms with Crippen molar-refractivity contribution in [1.29, 1.82) is 0 Å². The van der Waals surface area contributed by atoms with Crippen LogP contribution in [0.2, 0.25) is 0 Å². The molecule has 4 nitrogen and oxygen atoms in total. The first-order chi connectivity index (χ1) is 10.2. The summed E-state index contributed by atoms with van der Waals surface area (Å²) in [6, 6.07) is 18.7. The van der Waals surface area contributed by atoms with E-state index in [1.807, 2.05) is 48.5 Å². The molecule has 0 radical (unpaired) electrons. The van der Waals surface area contributed by atoms with Gasteiger partial charge >= 0.3 is 0 Å². The Labute approximate surface area is 121 Å². The monoisotopic (exact) mass is 278 g/mol. The number of aromatic amines is 1. The maximum atomic E-state index is 12.2. The highest BCUT2D eigenvalue weighted by atomic mass is 16.3. The molecule has 3 aromatic rings. The molecule has 0 saturated carbocycles. The van der Waals surface area contributed by atoms with Crippen molar-refractivity contribution in [1.82, 2.24) is 9.97 Å². The summed E-state index contributed by atoms with van der Waals surface area (Å²) >= 11 is 0. The second-order valence-electron chi connectivity index (χ2n) is 4.74. The van der Waals surface area contributed by atoms with Gasteiger partial charge in [0.15, 0.2) is 0 Å². The zero-order chi connectivity index (χ0) is 14.7. The summed E-state index contributed by atoms with van der Waals surface area (Å²) in [6.07, 6.45) is 0.471. The lowest BCUT2D eigenvalue weighted by molar-refractivity contribution is 0.450. The molecular weight excluding hydrogens is 264 g/mol. The van der Waals surface area contributed by atoms with Crippen LogP contribution in [0.15, 0.2) is 65.5 Å². The summed E-state index contributed by atoms with van der Waals surface area (Å²) in [5, 5.41) is 10.1. The van der Waals surface area contributed by atoms with Gasteiger partial charge < -0.3 is 10.1 Å². The predicted octanol–water partition coefficient (Wildman–Crippen LogP) is 2.73. The number of benzene rings is 2. The van der Waals surface area contributed by atoms with E-state index in [9.17, 15) is 9.90 Å². The molecule has 0 aliphatic rings. The number of hydrogen-bond acceptors (Lipinski definition) is 3. The van der Waals surface area contributed by atoms with E-state index >= 15 is 0 Å². The summed E-state index contributed by atoms with van der Waals surface area (Å²) in [5.41, 5.74) is 1.54. The molecule has 0 unspecified atom stereocenters. The maximum Gasteiger partial charge on any atom is 0.262 e. The largest absolute Gasteiger partial charge is 0.493 e. The first-order valence-electron chi connectivity index (χ1n) is 6.65. The summed E-state index contributed by atoms with van der Waals surface area (Å²) in [5.74, 6) is 0.208.